The molecule has 1 aliphatic rings. The van der Waals surface area contributed by atoms with Gasteiger partial charge < -0.3 is 9.84 Å². The van der Waals surface area contributed by atoms with Crippen LogP contribution in [0.25, 0.3) is 0 Å². The molecule has 0 aromatic heterocycles. The lowest BCUT2D eigenvalue weighted by Crippen LogP contribution is -2.40. The highest BCUT2D eigenvalue weighted by Crippen LogP contribution is 2.32. The molecule has 106 valence electrons. The molecule has 1 N–H and O–H groups in total. The van der Waals surface area contributed by atoms with Crippen molar-refractivity contribution in [2.24, 2.45) is 0 Å². The first kappa shape index (κ1) is 14.3. The summed E-state index contributed by atoms with van der Waals surface area (Å²) in [4.78, 5) is 0. The summed E-state index contributed by atoms with van der Waals surface area (Å²) < 4.78 is 42.8. The second-order valence-corrected chi connectivity index (χ2v) is 5.18. The van der Waals surface area contributed by atoms with E-state index in [0.29, 0.717) is 18.6 Å². The maximum Gasteiger partial charge on any atom is 0.416 e. The smallest absolute Gasteiger partial charge is 0.390 e. The quantitative estimate of drug-likeness (QED) is 0.917. The van der Waals surface area contributed by atoms with E-state index >= 15 is 0 Å². The van der Waals surface area contributed by atoms with Crippen LogP contribution in [0.1, 0.15) is 30.9 Å². The average molecular weight is 274 g/mol. The number of rotatable bonds is 3. The van der Waals surface area contributed by atoms with Crippen molar-refractivity contribution < 1.29 is 23.0 Å². The molecule has 5 heteroatoms. The highest BCUT2D eigenvalue weighted by molar-refractivity contribution is 5.25. The van der Waals surface area contributed by atoms with Gasteiger partial charge in [0, 0.05) is 13.0 Å². The monoisotopic (exact) mass is 274 g/mol. The number of halogens is 3. The molecular formula is C14H17F3O2. The fourth-order valence-electron chi connectivity index (χ4n) is 2.33. The molecule has 1 aliphatic heterocycles. The SMILES string of the molecule is CC1(C(O)Cc2ccc(C(F)(F)F)cc2)CCCO1. The first-order chi connectivity index (χ1) is 8.81. The van der Waals surface area contributed by atoms with E-state index in [2.05, 4.69) is 0 Å². The fraction of sp³-hybridized carbons (Fsp3) is 0.571. The second-order valence-electron chi connectivity index (χ2n) is 5.18. The number of aliphatic hydroxyl groups is 1. The first-order valence-corrected chi connectivity index (χ1v) is 6.29. The van der Waals surface area contributed by atoms with Gasteiger partial charge in [-0.25, -0.2) is 0 Å². The largest absolute Gasteiger partial charge is 0.416 e. The standard InChI is InChI=1S/C14H17F3O2/c1-13(7-2-8-19-13)12(18)9-10-3-5-11(6-4-10)14(15,16)17/h3-6,12,18H,2,7-9H2,1H3. The summed E-state index contributed by atoms with van der Waals surface area (Å²) >= 11 is 0. The maximum absolute atomic E-state index is 12.4. The van der Waals surface area contributed by atoms with Gasteiger partial charge >= 0.3 is 6.18 Å². The maximum atomic E-state index is 12.4. The molecule has 0 bridgehead atoms. The zero-order valence-corrected chi connectivity index (χ0v) is 10.7. The van der Waals surface area contributed by atoms with Gasteiger partial charge in [0.1, 0.15) is 0 Å². The van der Waals surface area contributed by atoms with Gasteiger partial charge in [0.2, 0.25) is 0 Å². The minimum Gasteiger partial charge on any atom is -0.390 e. The van der Waals surface area contributed by atoms with Crippen molar-refractivity contribution in [1.82, 2.24) is 0 Å². The predicted molar refractivity (Wildman–Crippen MR) is 64.7 cm³/mol. The number of ether oxygens (including phenoxy) is 1. The number of alkyl halides is 3. The molecule has 0 spiro atoms. The van der Waals surface area contributed by atoms with Crippen LogP contribution in [-0.4, -0.2) is 23.4 Å². The zero-order chi connectivity index (χ0) is 14.1. The van der Waals surface area contributed by atoms with Crippen LogP contribution in [0.3, 0.4) is 0 Å². The Balaban J connectivity index is 2.03. The Morgan fingerprint density at radius 3 is 2.42 bits per heavy atom. The summed E-state index contributed by atoms with van der Waals surface area (Å²) in [5, 5.41) is 10.1. The fourth-order valence-corrected chi connectivity index (χ4v) is 2.33. The summed E-state index contributed by atoms with van der Waals surface area (Å²) in [6.45, 7) is 2.47. The molecule has 0 amide bonds. The number of benzene rings is 1. The van der Waals surface area contributed by atoms with E-state index in [1.165, 1.54) is 12.1 Å². The van der Waals surface area contributed by atoms with Crippen LogP contribution in [0.5, 0.6) is 0 Å². The van der Waals surface area contributed by atoms with Gasteiger partial charge in [-0.3, -0.25) is 0 Å². The molecule has 2 nitrogen and oxygen atoms in total. The minimum absolute atomic E-state index is 0.300. The normalized spacial score (nSPS) is 25.5. The van der Waals surface area contributed by atoms with Gasteiger partial charge in [-0.1, -0.05) is 12.1 Å². The van der Waals surface area contributed by atoms with E-state index in [9.17, 15) is 18.3 Å². The molecule has 1 aromatic rings. The summed E-state index contributed by atoms with van der Waals surface area (Å²) in [6, 6.07) is 4.90. The lowest BCUT2D eigenvalue weighted by atomic mass is 9.90. The molecule has 0 saturated carbocycles. The van der Waals surface area contributed by atoms with E-state index in [-0.39, 0.29) is 0 Å². The van der Waals surface area contributed by atoms with Crippen molar-refractivity contribution in [3.05, 3.63) is 35.4 Å². The van der Waals surface area contributed by atoms with Crippen LogP contribution in [0.2, 0.25) is 0 Å². The number of aliphatic hydroxyl groups excluding tert-OH is 1. The third kappa shape index (κ3) is 3.28. The third-order valence-corrected chi connectivity index (χ3v) is 3.66. The van der Waals surface area contributed by atoms with Gasteiger partial charge in [0.15, 0.2) is 0 Å². The summed E-state index contributed by atoms with van der Waals surface area (Å²) in [6.07, 6.45) is -3.05. The van der Waals surface area contributed by atoms with E-state index < -0.39 is 23.4 Å². The van der Waals surface area contributed by atoms with Crippen LogP contribution >= 0.6 is 0 Å². The molecule has 0 radical (unpaired) electrons. The van der Waals surface area contributed by atoms with E-state index in [0.717, 1.165) is 25.0 Å². The highest BCUT2D eigenvalue weighted by Gasteiger charge is 2.37. The van der Waals surface area contributed by atoms with Crippen molar-refractivity contribution in [2.75, 3.05) is 6.61 Å². The molecule has 2 rings (SSSR count). The van der Waals surface area contributed by atoms with Gasteiger partial charge in [-0.2, -0.15) is 13.2 Å². The van der Waals surface area contributed by atoms with Crippen molar-refractivity contribution in [3.63, 3.8) is 0 Å². The summed E-state index contributed by atoms with van der Waals surface area (Å²) in [7, 11) is 0. The molecule has 1 fully saturated rings. The first-order valence-electron chi connectivity index (χ1n) is 6.29. The molecule has 2 unspecified atom stereocenters. The third-order valence-electron chi connectivity index (χ3n) is 3.66. The Bertz CT molecular complexity index is 419. The van der Waals surface area contributed by atoms with E-state index in [4.69, 9.17) is 4.74 Å². The van der Waals surface area contributed by atoms with Crippen LogP contribution in [-0.2, 0) is 17.3 Å². The van der Waals surface area contributed by atoms with E-state index in [1.807, 2.05) is 6.92 Å². The van der Waals surface area contributed by atoms with Crippen LogP contribution in [0, 0.1) is 0 Å². The Hall–Kier alpha value is -1.07. The molecular weight excluding hydrogens is 257 g/mol. The lowest BCUT2D eigenvalue weighted by Gasteiger charge is -2.29. The van der Waals surface area contributed by atoms with Crippen molar-refractivity contribution in [3.8, 4) is 0 Å². The Kier molecular flexibility index (Phi) is 3.87. The van der Waals surface area contributed by atoms with Crippen LogP contribution < -0.4 is 0 Å². The molecule has 0 aliphatic carbocycles. The predicted octanol–water partition coefficient (Wildman–Crippen LogP) is 3.18. The number of hydrogen-bond donors (Lipinski definition) is 1. The topological polar surface area (TPSA) is 29.5 Å². The van der Waals surface area contributed by atoms with E-state index in [1.54, 1.807) is 0 Å². The lowest BCUT2D eigenvalue weighted by molar-refractivity contribution is -0.137. The number of hydrogen-bond acceptors (Lipinski definition) is 2. The molecule has 2 atom stereocenters. The molecule has 1 aromatic carbocycles. The highest BCUT2D eigenvalue weighted by atomic mass is 19.4. The zero-order valence-electron chi connectivity index (χ0n) is 10.7. The Morgan fingerprint density at radius 1 is 1.32 bits per heavy atom. The van der Waals surface area contributed by atoms with Gasteiger partial charge in [0.05, 0.1) is 17.3 Å². The van der Waals surface area contributed by atoms with Gasteiger partial charge in [0.25, 0.3) is 0 Å². The van der Waals surface area contributed by atoms with Crippen molar-refractivity contribution in [2.45, 2.75) is 44.1 Å². The van der Waals surface area contributed by atoms with Crippen molar-refractivity contribution >= 4 is 0 Å². The van der Waals surface area contributed by atoms with Gasteiger partial charge in [-0.05, 0) is 37.5 Å². The Labute approximate surface area is 110 Å². The molecule has 1 saturated heterocycles. The van der Waals surface area contributed by atoms with Crippen LogP contribution in [0.4, 0.5) is 13.2 Å². The second kappa shape index (κ2) is 5.13. The van der Waals surface area contributed by atoms with Gasteiger partial charge in [-0.15, -0.1) is 0 Å². The van der Waals surface area contributed by atoms with Crippen LogP contribution in [0.15, 0.2) is 24.3 Å². The summed E-state index contributed by atoms with van der Waals surface area (Å²) in [5.41, 5.74) is -0.575. The minimum atomic E-state index is -4.32. The van der Waals surface area contributed by atoms with Crippen molar-refractivity contribution in [1.29, 1.82) is 0 Å². The average Bonchev–Trinajstić information content (AvgIpc) is 2.77. The summed E-state index contributed by atoms with van der Waals surface area (Å²) in [5.74, 6) is 0. The molecule has 1 heterocycles. The molecule has 19 heavy (non-hydrogen) atoms. The Morgan fingerprint density at radius 2 is 1.95 bits per heavy atom.